The molecule has 7 rings (SSSR count). The van der Waals surface area contributed by atoms with Crippen molar-refractivity contribution >= 4 is 40.4 Å². The summed E-state index contributed by atoms with van der Waals surface area (Å²) in [6, 6.07) is 16.7. The Morgan fingerprint density at radius 1 is 0.978 bits per heavy atom. The maximum atomic E-state index is 14.0. The number of nitrogens with one attached hydrogen (secondary N) is 3. The Labute approximate surface area is 267 Å². The van der Waals surface area contributed by atoms with Gasteiger partial charge in [0.25, 0.3) is 0 Å². The zero-order chi connectivity index (χ0) is 31.6. The van der Waals surface area contributed by atoms with Gasteiger partial charge in [-0.2, -0.15) is 5.10 Å². The van der Waals surface area contributed by atoms with Gasteiger partial charge in [-0.15, -0.1) is 0 Å². The summed E-state index contributed by atoms with van der Waals surface area (Å²) in [5.74, 6) is 0.815. The molecule has 4 aromatic rings. The fourth-order valence-corrected chi connectivity index (χ4v) is 6.92. The highest BCUT2D eigenvalue weighted by Gasteiger charge is 2.35. The van der Waals surface area contributed by atoms with Gasteiger partial charge in [-0.05, 0) is 60.7 Å². The van der Waals surface area contributed by atoms with E-state index in [1.54, 1.807) is 17.3 Å². The Morgan fingerprint density at radius 2 is 1.76 bits per heavy atom. The van der Waals surface area contributed by atoms with Gasteiger partial charge in [0.05, 0.1) is 11.7 Å². The van der Waals surface area contributed by atoms with E-state index >= 15 is 0 Å². The van der Waals surface area contributed by atoms with Gasteiger partial charge in [0.1, 0.15) is 11.9 Å². The van der Waals surface area contributed by atoms with Crippen LogP contribution >= 0.6 is 0 Å². The summed E-state index contributed by atoms with van der Waals surface area (Å²) < 4.78 is 0. The smallest absolute Gasteiger partial charge is 0.322 e. The SMILES string of the molecule is Cc1cc(CC(NC(=O)N2CCC(N3Cc4ccccc4NC3=O)CC2)C(=O)N2CCN(c3ccccn3)CC2)cc2cn[nH]c12. The molecule has 0 radical (unpaired) electrons. The van der Waals surface area contributed by atoms with E-state index in [0.29, 0.717) is 65.1 Å². The number of aromatic amines is 1. The molecule has 1 unspecified atom stereocenters. The summed E-state index contributed by atoms with van der Waals surface area (Å²) in [7, 11) is 0. The van der Waals surface area contributed by atoms with E-state index in [2.05, 4.69) is 36.8 Å². The van der Waals surface area contributed by atoms with Gasteiger partial charge in [-0.3, -0.25) is 9.89 Å². The Hall–Kier alpha value is -5.13. The number of carbonyl (C=O) groups excluding carboxylic acids is 3. The number of hydrogen-bond donors (Lipinski definition) is 3. The van der Waals surface area contributed by atoms with Crippen LogP contribution in [0, 0.1) is 6.92 Å². The monoisotopic (exact) mass is 621 g/mol. The number of para-hydroxylation sites is 1. The number of pyridine rings is 1. The molecular formula is C34H39N9O3. The van der Waals surface area contributed by atoms with E-state index in [9.17, 15) is 14.4 Å². The lowest BCUT2D eigenvalue weighted by molar-refractivity contribution is -0.133. The van der Waals surface area contributed by atoms with Gasteiger partial charge in [0, 0.05) is 75.5 Å². The molecule has 0 bridgehead atoms. The molecule has 2 aromatic carbocycles. The van der Waals surface area contributed by atoms with Crippen LogP contribution in [0.2, 0.25) is 0 Å². The predicted octanol–water partition coefficient (Wildman–Crippen LogP) is 3.75. The normalized spacial score (nSPS) is 17.9. The average molecular weight is 622 g/mol. The minimum atomic E-state index is -0.722. The molecule has 2 aromatic heterocycles. The van der Waals surface area contributed by atoms with Gasteiger partial charge < -0.3 is 30.2 Å². The minimum absolute atomic E-state index is 0.0369. The first-order chi connectivity index (χ1) is 22.4. The van der Waals surface area contributed by atoms with Gasteiger partial charge in [0.2, 0.25) is 5.91 Å². The number of urea groups is 2. The lowest BCUT2D eigenvalue weighted by Gasteiger charge is -2.41. The van der Waals surface area contributed by atoms with Crippen LogP contribution in [0.5, 0.6) is 0 Å². The maximum Gasteiger partial charge on any atom is 0.322 e. The molecule has 5 heterocycles. The number of piperidine rings is 1. The number of piperazine rings is 1. The number of rotatable bonds is 6. The molecule has 12 nitrogen and oxygen atoms in total. The molecule has 1 atom stereocenters. The second-order valence-corrected chi connectivity index (χ2v) is 12.4. The quantitative estimate of drug-likeness (QED) is 0.301. The number of hydrogen-bond acceptors (Lipinski definition) is 6. The molecule has 5 amide bonds. The van der Waals surface area contributed by atoms with E-state index < -0.39 is 6.04 Å². The van der Waals surface area contributed by atoms with E-state index in [1.807, 2.05) is 65.3 Å². The van der Waals surface area contributed by atoms with Crippen molar-refractivity contribution in [1.29, 1.82) is 0 Å². The number of benzene rings is 2. The van der Waals surface area contributed by atoms with Crippen molar-refractivity contribution in [2.24, 2.45) is 0 Å². The molecule has 2 fully saturated rings. The van der Waals surface area contributed by atoms with Crippen molar-refractivity contribution in [3.8, 4) is 0 Å². The number of anilines is 2. The number of likely N-dealkylation sites (tertiary alicyclic amines) is 1. The standard InChI is InChI=1S/C34H39N9O3/c1-23-18-24(19-26-21-36-39-31(23)26)20-29(32(44)41-16-14-40(15-17-41)30-8-4-5-11-35-30)38-33(45)42-12-9-27(10-13-42)43-22-25-6-2-3-7-28(25)37-34(43)46/h2-8,11,18-19,21,27,29H,9-10,12-17,20,22H2,1H3,(H,36,39)(H,37,46)(H,38,45). The molecule has 2 saturated heterocycles. The van der Waals surface area contributed by atoms with E-state index in [1.165, 1.54) is 0 Å². The summed E-state index contributed by atoms with van der Waals surface area (Å²) in [5, 5.41) is 14.3. The number of H-pyrrole nitrogens is 1. The van der Waals surface area contributed by atoms with Crippen LogP contribution in [0.15, 0.2) is 67.0 Å². The molecule has 0 aliphatic carbocycles. The van der Waals surface area contributed by atoms with Crippen molar-refractivity contribution in [3.63, 3.8) is 0 Å². The van der Waals surface area contributed by atoms with Crippen molar-refractivity contribution in [2.45, 2.75) is 44.8 Å². The third-order valence-corrected chi connectivity index (χ3v) is 9.46. The predicted molar refractivity (Wildman–Crippen MR) is 175 cm³/mol. The van der Waals surface area contributed by atoms with Crippen LogP contribution in [0.1, 0.15) is 29.5 Å². The molecule has 3 N–H and O–H groups in total. The van der Waals surface area contributed by atoms with Crippen molar-refractivity contribution in [3.05, 3.63) is 83.7 Å². The Bertz CT molecular complexity index is 1730. The highest BCUT2D eigenvalue weighted by molar-refractivity contribution is 5.92. The molecular weight excluding hydrogens is 582 g/mol. The van der Waals surface area contributed by atoms with E-state index in [0.717, 1.165) is 39.1 Å². The molecule has 3 aliphatic heterocycles. The maximum absolute atomic E-state index is 14.0. The minimum Gasteiger partial charge on any atom is -0.353 e. The third kappa shape index (κ3) is 6.07. The fraction of sp³-hybridized carbons (Fsp3) is 0.382. The van der Waals surface area contributed by atoms with Crippen LogP contribution in [0.3, 0.4) is 0 Å². The molecule has 0 spiro atoms. The van der Waals surface area contributed by atoms with Crippen LogP contribution in [0.25, 0.3) is 10.9 Å². The summed E-state index contributed by atoms with van der Waals surface area (Å²) in [6.07, 6.45) is 5.28. The zero-order valence-corrected chi connectivity index (χ0v) is 26.0. The summed E-state index contributed by atoms with van der Waals surface area (Å²) >= 11 is 0. The molecule has 0 saturated carbocycles. The molecule has 238 valence electrons. The van der Waals surface area contributed by atoms with Crippen LogP contribution in [-0.4, -0.2) is 99.2 Å². The molecule has 12 heteroatoms. The first-order valence-corrected chi connectivity index (χ1v) is 16.0. The fourth-order valence-electron chi connectivity index (χ4n) is 6.92. The first-order valence-electron chi connectivity index (χ1n) is 16.0. The van der Waals surface area contributed by atoms with Crippen LogP contribution in [0.4, 0.5) is 21.1 Å². The number of aromatic nitrogens is 3. The summed E-state index contributed by atoms with van der Waals surface area (Å²) in [5.41, 5.74) is 4.92. The number of aryl methyl sites for hydroxylation is 1. The van der Waals surface area contributed by atoms with E-state index in [-0.39, 0.29) is 24.0 Å². The highest BCUT2D eigenvalue weighted by Crippen LogP contribution is 2.28. The van der Waals surface area contributed by atoms with Gasteiger partial charge in [-0.25, -0.2) is 14.6 Å². The topological polar surface area (TPSA) is 130 Å². The largest absolute Gasteiger partial charge is 0.353 e. The van der Waals surface area contributed by atoms with Gasteiger partial charge in [0.15, 0.2) is 0 Å². The highest BCUT2D eigenvalue weighted by atomic mass is 16.2. The van der Waals surface area contributed by atoms with Gasteiger partial charge in [-0.1, -0.05) is 30.3 Å². The van der Waals surface area contributed by atoms with Crippen molar-refractivity contribution in [1.82, 2.24) is 35.2 Å². The number of amides is 5. The lowest BCUT2D eigenvalue weighted by atomic mass is 10.00. The molecule has 3 aliphatic rings. The molecule has 46 heavy (non-hydrogen) atoms. The zero-order valence-electron chi connectivity index (χ0n) is 26.0. The first kappa shape index (κ1) is 29.6. The summed E-state index contributed by atoms with van der Waals surface area (Å²) in [4.78, 5) is 52.8. The Balaban J connectivity index is 1.02. The van der Waals surface area contributed by atoms with Crippen molar-refractivity contribution < 1.29 is 14.4 Å². The van der Waals surface area contributed by atoms with Crippen LogP contribution < -0.4 is 15.5 Å². The number of nitrogens with zero attached hydrogens (tertiary/aromatic N) is 6. The second-order valence-electron chi connectivity index (χ2n) is 12.4. The lowest BCUT2D eigenvalue weighted by Crippen LogP contribution is -2.58. The van der Waals surface area contributed by atoms with Crippen molar-refractivity contribution in [2.75, 3.05) is 49.5 Å². The number of fused-ring (bicyclic) bond motifs is 2. The van der Waals surface area contributed by atoms with Crippen LogP contribution in [-0.2, 0) is 17.8 Å². The number of carbonyl (C=O) groups is 3. The average Bonchev–Trinajstić information content (AvgIpc) is 3.57. The Morgan fingerprint density at radius 3 is 2.54 bits per heavy atom. The second kappa shape index (κ2) is 12.7. The summed E-state index contributed by atoms with van der Waals surface area (Å²) in [6.45, 7) is 6.03. The van der Waals surface area contributed by atoms with E-state index in [4.69, 9.17) is 0 Å². The third-order valence-electron chi connectivity index (χ3n) is 9.46. The Kier molecular flexibility index (Phi) is 8.17. The van der Waals surface area contributed by atoms with Gasteiger partial charge >= 0.3 is 12.1 Å².